The number of hydrogen-bond acceptors (Lipinski definition) is 4. The fourth-order valence-corrected chi connectivity index (χ4v) is 2.76. The second-order valence-corrected chi connectivity index (χ2v) is 5.95. The quantitative estimate of drug-likeness (QED) is 0.401. The van der Waals surface area contributed by atoms with Gasteiger partial charge in [-0.15, -0.1) is 5.10 Å². The summed E-state index contributed by atoms with van der Waals surface area (Å²) in [5, 5.41) is 2.92. The minimum atomic E-state index is -5.13. The summed E-state index contributed by atoms with van der Waals surface area (Å²) in [6, 6.07) is 1.11. The van der Waals surface area contributed by atoms with Crippen molar-refractivity contribution in [3.8, 4) is 5.82 Å². The first-order chi connectivity index (χ1) is 12.4. The zero-order valence-electron chi connectivity index (χ0n) is 12.7. The first-order valence-corrected chi connectivity index (χ1v) is 7.55. The molecule has 0 N–H and O–H groups in total. The van der Waals surface area contributed by atoms with E-state index in [1.807, 2.05) is 0 Å². The molecule has 0 aromatic carbocycles. The Balaban J connectivity index is 2.44. The van der Waals surface area contributed by atoms with Gasteiger partial charge in [-0.05, 0) is 18.9 Å². The predicted molar refractivity (Wildman–Crippen MR) is 85.9 cm³/mol. The molecule has 0 saturated carbocycles. The Hall–Kier alpha value is -2.40. The third-order valence-electron chi connectivity index (χ3n) is 3.35. The third-order valence-corrected chi connectivity index (χ3v) is 3.84. The first-order valence-electron chi connectivity index (χ1n) is 6.79. The van der Waals surface area contributed by atoms with Crippen molar-refractivity contribution in [1.29, 1.82) is 0 Å². The normalized spacial score (nSPS) is 12.6. The van der Waals surface area contributed by atoms with E-state index in [4.69, 9.17) is 23.2 Å². The maximum Gasteiger partial charge on any atom is 0.433 e. The fourth-order valence-electron chi connectivity index (χ4n) is 2.30. The Morgan fingerprint density at radius 3 is 2.22 bits per heavy atom. The van der Waals surface area contributed by atoms with Crippen LogP contribution in [-0.4, -0.2) is 26.5 Å². The lowest BCUT2D eigenvalue weighted by atomic mass is 10.1. The summed E-state index contributed by atoms with van der Waals surface area (Å²) in [6.07, 6.45) is -9.12. The molecule has 0 amide bonds. The van der Waals surface area contributed by atoms with E-state index in [0.717, 1.165) is 10.9 Å². The maximum absolute atomic E-state index is 13.4. The van der Waals surface area contributed by atoms with Crippen LogP contribution in [0, 0.1) is 0 Å². The molecule has 0 atom stereocenters. The van der Waals surface area contributed by atoms with Crippen LogP contribution in [0.25, 0.3) is 16.9 Å². The van der Waals surface area contributed by atoms with Crippen molar-refractivity contribution in [3.05, 3.63) is 39.6 Å². The van der Waals surface area contributed by atoms with Crippen molar-refractivity contribution in [2.75, 3.05) is 0 Å². The molecule has 142 valence electrons. The van der Waals surface area contributed by atoms with Crippen LogP contribution < -0.4 is 0 Å². The van der Waals surface area contributed by atoms with E-state index >= 15 is 0 Å². The van der Waals surface area contributed by atoms with Gasteiger partial charge in [0.15, 0.2) is 17.3 Å². The average molecular weight is 428 g/mol. The summed E-state index contributed by atoms with van der Waals surface area (Å²) in [6.45, 7) is 3.16. The molecule has 0 aliphatic heterocycles. The highest BCUT2D eigenvalue weighted by molar-refractivity contribution is 6.35. The summed E-state index contributed by atoms with van der Waals surface area (Å²) in [5.74, 6) is -0.724. The highest BCUT2D eigenvalue weighted by atomic mass is 35.5. The van der Waals surface area contributed by atoms with E-state index in [-0.39, 0.29) is 21.9 Å². The second kappa shape index (κ2) is 6.34. The van der Waals surface area contributed by atoms with Gasteiger partial charge in [-0.1, -0.05) is 23.2 Å². The molecule has 3 aromatic rings. The van der Waals surface area contributed by atoms with Crippen LogP contribution in [0.5, 0.6) is 0 Å². The van der Waals surface area contributed by atoms with E-state index in [1.165, 1.54) is 6.07 Å². The van der Waals surface area contributed by atoms with E-state index in [1.54, 1.807) is 0 Å². The molecule has 3 rings (SSSR count). The first kappa shape index (κ1) is 19.4. The van der Waals surface area contributed by atoms with Gasteiger partial charge < -0.3 is 0 Å². The highest BCUT2D eigenvalue weighted by Gasteiger charge is 2.41. The molecule has 13 heteroatoms. The van der Waals surface area contributed by atoms with Crippen molar-refractivity contribution in [2.45, 2.75) is 12.4 Å². The number of fused-ring (bicyclic) bond motifs is 1. The lowest BCUT2D eigenvalue weighted by Gasteiger charge is -2.12. The fraction of sp³-hybridized carbons (Fsp3) is 0.143. The summed E-state index contributed by atoms with van der Waals surface area (Å²) >= 11 is 11.7. The molecule has 0 spiro atoms. The van der Waals surface area contributed by atoms with Crippen LogP contribution in [0.15, 0.2) is 23.3 Å². The molecule has 0 aliphatic rings. The van der Waals surface area contributed by atoms with E-state index in [9.17, 15) is 26.3 Å². The van der Waals surface area contributed by atoms with Gasteiger partial charge in [0.1, 0.15) is 5.69 Å². The molecule has 27 heavy (non-hydrogen) atoms. The van der Waals surface area contributed by atoms with Crippen LogP contribution >= 0.6 is 23.2 Å². The molecule has 0 aliphatic carbocycles. The van der Waals surface area contributed by atoms with Gasteiger partial charge in [0.2, 0.25) is 0 Å². The molecule has 0 saturated heterocycles. The summed E-state index contributed by atoms with van der Waals surface area (Å²) in [7, 11) is 0. The highest BCUT2D eigenvalue weighted by Crippen LogP contribution is 2.42. The Labute approximate surface area is 156 Å². The minimum Gasteiger partial charge on any atom is -0.244 e. The summed E-state index contributed by atoms with van der Waals surface area (Å²) < 4.78 is 79.8. The number of pyridine rings is 2. The molecule has 0 unspecified atom stereocenters. The molecule has 3 heterocycles. The van der Waals surface area contributed by atoms with Crippen molar-refractivity contribution in [3.63, 3.8) is 0 Å². The smallest absolute Gasteiger partial charge is 0.244 e. The van der Waals surface area contributed by atoms with Gasteiger partial charge >= 0.3 is 12.4 Å². The van der Waals surface area contributed by atoms with Crippen LogP contribution in [0.1, 0.15) is 11.3 Å². The molecule has 0 fully saturated rings. The lowest BCUT2D eigenvalue weighted by molar-refractivity contribution is -0.144. The Bertz CT molecular complexity index is 1060. The molecule has 3 aromatic heterocycles. The number of hydrogen-bond donors (Lipinski definition) is 0. The monoisotopic (exact) mass is 427 g/mol. The predicted octanol–water partition coefficient (Wildman–Crippen LogP) is 5.49. The Morgan fingerprint density at radius 2 is 1.70 bits per heavy atom. The van der Waals surface area contributed by atoms with Crippen LogP contribution in [0.4, 0.5) is 32.2 Å². The molecular weight excluding hydrogens is 423 g/mol. The SMILES string of the molecule is C=Nc1c2c(C(F)(F)F)cc(C(F)(F)F)nc2nn1-c1ncc(Cl)cc1Cl. The third kappa shape index (κ3) is 3.44. The van der Waals surface area contributed by atoms with E-state index in [2.05, 4.69) is 26.8 Å². The van der Waals surface area contributed by atoms with Gasteiger partial charge in [-0.3, -0.25) is 0 Å². The van der Waals surface area contributed by atoms with Gasteiger partial charge in [0, 0.05) is 6.20 Å². The lowest BCUT2D eigenvalue weighted by Crippen LogP contribution is -2.13. The number of nitrogens with zero attached hydrogens (tertiary/aromatic N) is 5. The Morgan fingerprint density at radius 1 is 1.04 bits per heavy atom. The zero-order valence-corrected chi connectivity index (χ0v) is 14.2. The van der Waals surface area contributed by atoms with Gasteiger partial charge in [-0.25, -0.2) is 15.0 Å². The van der Waals surface area contributed by atoms with Crippen LogP contribution in [-0.2, 0) is 12.4 Å². The number of aliphatic imine (C=N–C) groups is 1. The minimum absolute atomic E-state index is 0.111. The number of rotatable bonds is 2. The molecule has 0 bridgehead atoms. The Kier molecular flexibility index (Phi) is 4.55. The number of alkyl halides is 6. The summed E-state index contributed by atoms with van der Waals surface area (Å²) in [4.78, 5) is 10.5. The van der Waals surface area contributed by atoms with Crippen LogP contribution in [0.2, 0.25) is 10.0 Å². The summed E-state index contributed by atoms with van der Waals surface area (Å²) in [5.41, 5.74) is -4.20. The average Bonchev–Trinajstić information content (AvgIpc) is 2.90. The maximum atomic E-state index is 13.4. The van der Waals surface area contributed by atoms with Crippen LogP contribution in [0.3, 0.4) is 0 Å². The largest absolute Gasteiger partial charge is 0.433 e. The van der Waals surface area contributed by atoms with Crippen molar-refractivity contribution < 1.29 is 26.3 Å². The van der Waals surface area contributed by atoms with Crippen molar-refractivity contribution in [1.82, 2.24) is 19.7 Å². The topological polar surface area (TPSA) is 56.0 Å². The number of halogens is 8. The standard InChI is InChI=1S/C14H5Cl2F6N5/c1-23-12-9-6(13(17,18)19)3-8(14(20,21)22)25-10(9)26-27(12)11-7(16)2-5(15)4-24-11/h2-4H,1H2. The van der Waals surface area contributed by atoms with E-state index in [0.29, 0.717) is 0 Å². The molecule has 5 nitrogen and oxygen atoms in total. The number of aromatic nitrogens is 4. The second-order valence-electron chi connectivity index (χ2n) is 5.10. The van der Waals surface area contributed by atoms with E-state index < -0.39 is 40.5 Å². The van der Waals surface area contributed by atoms with Gasteiger partial charge in [0.25, 0.3) is 0 Å². The van der Waals surface area contributed by atoms with Gasteiger partial charge in [0.05, 0.1) is 21.0 Å². The van der Waals surface area contributed by atoms with Gasteiger partial charge in [-0.2, -0.15) is 31.0 Å². The zero-order chi connectivity index (χ0) is 20.1. The molecular formula is C14H5Cl2F6N5. The molecule has 0 radical (unpaired) electrons. The van der Waals surface area contributed by atoms with Crippen molar-refractivity contribution >= 4 is 46.8 Å². The van der Waals surface area contributed by atoms with Crippen molar-refractivity contribution in [2.24, 2.45) is 4.99 Å².